The molecule has 1 unspecified atom stereocenters. The van der Waals surface area contributed by atoms with Crippen molar-refractivity contribution < 1.29 is 13.5 Å². The predicted molar refractivity (Wildman–Crippen MR) is 52.6 cm³/mol. The van der Waals surface area contributed by atoms with Gasteiger partial charge in [-0.05, 0) is 24.7 Å². The highest BCUT2D eigenvalue weighted by Gasteiger charge is 2.38. The molecule has 0 amide bonds. The molecule has 14 heavy (non-hydrogen) atoms. The maximum absolute atomic E-state index is 12.8. The van der Waals surface area contributed by atoms with Crippen LogP contribution in [0.4, 0.5) is 8.78 Å². The molecule has 84 valence electrons. The van der Waals surface area contributed by atoms with Gasteiger partial charge in [-0.2, -0.15) is 0 Å². The molecule has 1 saturated carbocycles. The SMILES string of the molecule is CC(C)COCCC1CCC(F)(F)C1. The van der Waals surface area contributed by atoms with E-state index < -0.39 is 5.92 Å². The average molecular weight is 206 g/mol. The third kappa shape index (κ3) is 4.36. The van der Waals surface area contributed by atoms with Gasteiger partial charge in [-0.1, -0.05) is 13.8 Å². The Bertz CT molecular complexity index is 169. The number of rotatable bonds is 5. The maximum Gasteiger partial charge on any atom is 0.248 e. The highest BCUT2D eigenvalue weighted by atomic mass is 19.3. The number of hydrogen-bond donors (Lipinski definition) is 0. The third-order valence-corrected chi connectivity index (χ3v) is 2.63. The zero-order chi connectivity index (χ0) is 10.6. The van der Waals surface area contributed by atoms with Crippen molar-refractivity contribution in [2.24, 2.45) is 11.8 Å². The van der Waals surface area contributed by atoms with Crippen LogP contribution < -0.4 is 0 Å². The van der Waals surface area contributed by atoms with Crippen LogP contribution >= 0.6 is 0 Å². The minimum absolute atomic E-state index is 0.0675. The molecule has 0 aromatic carbocycles. The van der Waals surface area contributed by atoms with Gasteiger partial charge in [0.05, 0.1) is 0 Å². The van der Waals surface area contributed by atoms with Gasteiger partial charge in [-0.3, -0.25) is 0 Å². The van der Waals surface area contributed by atoms with E-state index in [0.29, 0.717) is 18.9 Å². The fraction of sp³-hybridized carbons (Fsp3) is 1.00. The first kappa shape index (κ1) is 11.9. The van der Waals surface area contributed by atoms with Crippen LogP contribution in [0.1, 0.15) is 39.5 Å². The second-order valence-corrected chi connectivity index (χ2v) is 4.72. The fourth-order valence-corrected chi connectivity index (χ4v) is 1.86. The molecule has 0 bridgehead atoms. The van der Waals surface area contributed by atoms with Gasteiger partial charge in [-0.25, -0.2) is 8.78 Å². The van der Waals surface area contributed by atoms with Crippen LogP contribution in [0, 0.1) is 11.8 Å². The molecule has 0 radical (unpaired) electrons. The average Bonchev–Trinajstić information content (AvgIpc) is 2.39. The Balaban J connectivity index is 2.03. The van der Waals surface area contributed by atoms with E-state index in [-0.39, 0.29) is 18.8 Å². The lowest BCUT2D eigenvalue weighted by Crippen LogP contribution is -2.11. The Labute approximate surface area is 84.8 Å². The second-order valence-electron chi connectivity index (χ2n) is 4.72. The summed E-state index contributed by atoms with van der Waals surface area (Å²) in [6.07, 6.45) is 1.60. The quantitative estimate of drug-likeness (QED) is 0.626. The van der Waals surface area contributed by atoms with Gasteiger partial charge in [0.2, 0.25) is 5.92 Å². The van der Waals surface area contributed by atoms with E-state index in [1.165, 1.54) is 0 Å². The normalized spacial score (nSPS) is 25.9. The Kier molecular flexibility index (Phi) is 4.30. The second kappa shape index (κ2) is 5.06. The molecule has 1 aliphatic rings. The van der Waals surface area contributed by atoms with Crippen molar-refractivity contribution in [1.82, 2.24) is 0 Å². The van der Waals surface area contributed by atoms with Gasteiger partial charge in [0.25, 0.3) is 0 Å². The topological polar surface area (TPSA) is 9.23 Å². The molecule has 1 fully saturated rings. The highest BCUT2D eigenvalue weighted by Crippen LogP contribution is 2.40. The van der Waals surface area contributed by atoms with E-state index in [9.17, 15) is 8.78 Å². The van der Waals surface area contributed by atoms with Crippen molar-refractivity contribution in [3.05, 3.63) is 0 Å². The number of alkyl halides is 2. The summed E-state index contributed by atoms with van der Waals surface area (Å²) in [5, 5.41) is 0. The van der Waals surface area contributed by atoms with Gasteiger partial charge in [0.1, 0.15) is 0 Å². The summed E-state index contributed by atoms with van der Waals surface area (Å²) in [4.78, 5) is 0. The zero-order valence-electron chi connectivity index (χ0n) is 9.06. The Hall–Kier alpha value is -0.180. The third-order valence-electron chi connectivity index (χ3n) is 2.63. The van der Waals surface area contributed by atoms with Gasteiger partial charge in [-0.15, -0.1) is 0 Å². The number of ether oxygens (including phenoxy) is 1. The Morgan fingerprint density at radius 2 is 2.14 bits per heavy atom. The highest BCUT2D eigenvalue weighted by molar-refractivity contribution is 4.80. The first-order valence-corrected chi connectivity index (χ1v) is 5.45. The maximum atomic E-state index is 12.8. The first-order chi connectivity index (χ1) is 6.49. The van der Waals surface area contributed by atoms with E-state index in [0.717, 1.165) is 13.0 Å². The van der Waals surface area contributed by atoms with Crippen molar-refractivity contribution in [2.45, 2.75) is 45.5 Å². The van der Waals surface area contributed by atoms with Crippen LogP contribution in [0.2, 0.25) is 0 Å². The monoisotopic (exact) mass is 206 g/mol. The van der Waals surface area contributed by atoms with Gasteiger partial charge in [0.15, 0.2) is 0 Å². The van der Waals surface area contributed by atoms with Crippen molar-refractivity contribution in [2.75, 3.05) is 13.2 Å². The molecule has 0 saturated heterocycles. The van der Waals surface area contributed by atoms with Crippen LogP contribution in [-0.4, -0.2) is 19.1 Å². The smallest absolute Gasteiger partial charge is 0.248 e. The first-order valence-electron chi connectivity index (χ1n) is 5.45. The summed E-state index contributed by atoms with van der Waals surface area (Å²) in [5.74, 6) is -1.69. The number of halogens is 2. The summed E-state index contributed by atoms with van der Waals surface area (Å²) in [6, 6.07) is 0. The molecular weight excluding hydrogens is 186 g/mol. The van der Waals surface area contributed by atoms with Crippen LogP contribution in [0.3, 0.4) is 0 Å². The van der Waals surface area contributed by atoms with E-state index in [2.05, 4.69) is 13.8 Å². The molecule has 0 N–H and O–H groups in total. The lowest BCUT2D eigenvalue weighted by molar-refractivity contribution is 0.00296. The molecule has 1 nitrogen and oxygen atoms in total. The van der Waals surface area contributed by atoms with Gasteiger partial charge < -0.3 is 4.74 Å². The lowest BCUT2D eigenvalue weighted by Gasteiger charge is -2.11. The summed E-state index contributed by atoms with van der Waals surface area (Å²) in [7, 11) is 0. The molecule has 0 heterocycles. The predicted octanol–water partition coefficient (Wildman–Crippen LogP) is 3.48. The van der Waals surface area contributed by atoms with Crippen molar-refractivity contribution in [1.29, 1.82) is 0 Å². The standard InChI is InChI=1S/C11H20F2O/c1-9(2)8-14-6-4-10-3-5-11(12,13)7-10/h9-10H,3-8H2,1-2H3. The Morgan fingerprint density at radius 3 is 2.64 bits per heavy atom. The molecule has 0 aromatic rings. The van der Waals surface area contributed by atoms with Crippen LogP contribution in [0.25, 0.3) is 0 Å². The van der Waals surface area contributed by atoms with Gasteiger partial charge >= 0.3 is 0 Å². The minimum Gasteiger partial charge on any atom is -0.381 e. The zero-order valence-corrected chi connectivity index (χ0v) is 9.06. The molecular formula is C11H20F2O. The molecule has 1 atom stereocenters. The van der Waals surface area contributed by atoms with Gasteiger partial charge in [0, 0.05) is 26.1 Å². The lowest BCUT2D eigenvalue weighted by atomic mass is 10.0. The largest absolute Gasteiger partial charge is 0.381 e. The van der Waals surface area contributed by atoms with E-state index in [1.54, 1.807) is 0 Å². The van der Waals surface area contributed by atoms with E-state index in [4.69, 9.17) is 4.74 Å². The summed E-state index contributed by atoms with van der Waals surface area (Å²) >= 11 is 0. The van der Waals surface area contributed by atoms with Crippen LogP contribution in [-0.2, 0) is 4.74 Å². The minimum atomic E-state index is -2.40. The van der Waals surface area contributed by atoms with E-state index >= 15 is 0 Å². The summed E-state index contributed by atoms with van der Waals surface area (Å²) < 4.78 is 31.0. The van der Waals surface area contributed by atoms with Crippen molar-refractivity contribution in [3.8, 4) is 0 Å². The van der Waals surface area contributed by atoms with Crippen molar-refractivity contribution >= 4 is 0 Å². The fourth-order valence-electron chi connectivity index (χ4n) is 1.86. The summed E-state index contributed by atoms with van der Waals surface area (Å²) in [5.41, 5.74) is 0. The molecule has 0 aromatic heterocycles. The van der Waals surface area contributed by atoms with E-state index in [1.807, 2.05) is 0 Å². The van der Waals surface area contributed by atoms with Crippen LogP contribution in [0.15, 0.2) is 0 Å². The summed E-state index contributed by atoms with van der Waals surface area (Å²) in [6.45, 7) is 5.55. The molecule has 0 aliphatic heterocycles. The van der Waals surface area contributed by atoms with Crippen LogP contribution in [0.5, 0.6) is 0 Å². The molecule has 0 spiro atoms. The van der Waals surface area contributed by atoms with Crippen molar-refractivity contribution in [3.63, 3.8) is 0 Å². The Morgan fingerprint density at radius 1 is 1.43 bits per heavy atom. The number of hydrogen-bond acceptors (Lipinski definition) is 1. The molecule has 1 rings (SSSR count). The molecule has 3 heteroatoms. The molecule has 1 aliphatic carbocycles.